The summed E-state index contributed by atoms with van der Waals surface area (Å²) in [4.78, 5) is 23.6. The number of halogens is 1. The molecule has 4 nitrogen and oxygen atoms in total. The molecule has 2 rings (SSSR count). The summed E-state index contributed by atoms with van der Waals surface area (Å²) in [5.41, 5.74) is 0.861. The van der Waals surface area contributed by atoms with E-state index in [0.717, 1.165) is 0 Å². The van der Waals surface area contributed by atoms with Gasteiger partial charge in [-0.15, -0.1) is 11.3 Å². The van der Waals surface area contributed by atoms with E-state index in [-0.39, 0.29) is 5.91 Å². The van der Waals surface area contributed by atoms with Crippen molar-refractivity contribution in [2.45, 2.75) is 0 Å². The van der Waals surface area contributed by atoms with Gasteiger partial charge < -0.3 is 10.1 Å². The predicted octanol–water partition coefficient (Wildman–Crippen LogP) is 3.55. The molecule has 1 N–H and O–H groups in total. The lowest BCUT2D eigenvalue weighted by Gasteiger charge is -2.06. The number of rotatable bonds is 3. The van der Waals surface area contributed by atoms with Crippen LogP contribution in [0.4, 0.5) is 5.00 Å². The molecule has 0 saturated carbocycles. The zero-order valence-corrected chi connectivity index (χ0v) is 12.4. The molecule has 6 heteroatoms. The number of anilines is 1. The molecular formula is C13H10BrNO3S. The summed E-state index contributed by atoms with van der Waals surface area (Å²) in [5.74, 6) is -0.747. The van der Waals surface area contributed by atoms with Crippen LogP contribution >= 0.6 is 27.3 Å². The summed E-state index contributed by atoms with van der Waals surface area (Å²) < 4.78 is 5.35. The van der Waals surface area contributed by atoms with Crippen LogP contribution in [0.2, 0.25) is 0 Å². The van der Waals surface area contributed by atoms with Crippen molar-refractivity contribution in [3.05, 3.63) is 51.3 Å². The first-order valence-electron chi connectivity index (χ1n) is 5.35. The molecule has 0 atom stereocenters. The van der Waals surface area contributed by atoms with Gasteiger partial charge >= 0.3 is 5.97 Å². The van der Waals surface area contributed by atoms with Gasteiger partial charge in [0.25, 0.3) is 5.91 Å². The van der Waals surface area contributed by atoms with Gasteiger partial charge in [0.05, 0.1) is 18.2 Å². The highest BCUT2D eigenvalue weighted by molar-refractivity contribution is 9.10. The van der Waals surface area contributed by atoms with Crippen molar-refractivity contribution in [3.63, 3.8) is 0 Å². The quantitative estimate of drug-likeness (QED) is 0.870. The Hall–Kier alpha value is -1.66. The summed E-state index contributed by atoms with van der Waals surface area (Å²) in [6.45, 7) is 0. The largest absolute Gasteiger partial charge is 0.465 e. The molecule has 0 bridgehead atoms. The number of ether oxygens (including phenoxy) is 1. The predicted molar refractivity (Wildman–Crippen MR) is 77.8 cm³/mol. The molecule has 0 aliphatic rings. The lowest BCUT2D eigenvalue weighted by molar-refractivity contribution is 0.0602. The van der Waals surface area contributed by atoms with Crippen LogP contribution in [0.1, 0.15) is 20.7 Å². The van der Waals surface area contributed by atoms with E-state index >= 15 is 0 Å². The van der Waals surface area contributed by atoms with Gasteiger partial charge in [0.1, 0.15) is 5.00 Å². The van der Waals surface area contributed by atoms with E-state index in [0.29, 0.717) is 20.6 Å². The van der Waals surface area contributed by atoms with Gasteiger partial charge in [0.15, 0.2) is 0 Å². The van der Waals surface area contributed by atoms with Crippen LogP contribution in [-0.4, -0.2) is 19.0 Å². The number of hydrogen-bond donors (Lipinski definition) is 1. The van der Waals surface area contributed by atoms with E-state index in [4.69, 9.17) is 0 Å². The minimum Gasteiger partial charge on any atom is -0.465 e. The molecule has 1 amide bonds. The second-order valence-electron chi connectivity index (χ2n) is 3.59. The van der Waals surface area contributed by atoms with Crippen molar-refractivity contribution in [3.8, 4) is 0 Å². The Morgan fingerprint density at radius 3 is 2.63 bits per heavy atom. The summed E-state index contributed by atoms with van der Waals surface area (Å²) in [6.07, 6.45) is 0. The number of carbonyl (C=O) groups is 2. The van der Waals surface area contributed by atoms with Gasteiger partial charge in [-0.05, 0) is 39.5 Å². The Kier molecular flexibility index (Phi) is 4.34. The average Bonchev–Trinajstić information content (AvgIpc) is 2.86. The number of methoxy groups -OCH3 is 1. The Bertz CT molecular complexity index is 624. The topological polar surface area (TPSA) is 55.4 Å². The molecule has 0 unspecified atom stereocenters. The number of benzene rings is 1. The summed E-state index contributed by atoms with van der Waals surface area (Å²) in [5, 5.41) is 4.91. The lowest BCUT2D eigenvalue weighted by atomic mass is 10.2. The normalized spacial score (nSPS) is 10.0. The Morgan fingerprint density at radius 2 is 1.95 bits per heavy atom. The maximum absolute atomic E-state index is 12.1. The van der Waals surface area contributed by atoms with Crippen molar-refractivity contribution >= 4 is 44.1 Å². The second-order valence-corrected chi connectivity index (χ2v) is 5.36. The number of nitrogens with one attached hydrogen (secondary N) is 1. The molecule has 0 aliphatic heterocycles. The van der Waals surface area contributed by atoms with Crippen LogP contribution < -0.4 is 5.32 Å². The molecule has 19 heavy (non-hydrogen) atoms. The van der Waals surface area contributed by atoms with Gasteiger partial charge in [-0.3, -0.25) is 4.79 Å². The van der Waals surface area contributed by atoms with E-state index in [2.05, 4.69) is 26.0 Å². The molecule has 98 valence electrons. The van der Waals surface area contributed by atoms with Crippen molar-refractivity contribution < 1.29 is 14.3 Å². The fraction of sp³-hybridized carbons (Fsp3) is 0.0769. The maximum Gasteiger partial charge on any atom is 0.340 e. The summed E-state index contributed by atoms with van der Waals surface area (Å²) in [7, 11) is 1.30. The lowest BCUT2D eigenvalue weighted by Crippen LogP contribution is -2.14. The van der Waals surface area contributed by atoms with Crippen LogP contribution in [0.15, 0.2) is 40.2 Å². The molecule has 1 aromatic heterocycles. The third-order valence-corrected chi connectivity index (χ3v) is 3.94. The summed E-state index contributed by atoms with van der Waals surface area (Å²) in [6, 6.07) is 8.70. The van der Waals surface area contributed by atoms with Crippen LogP contribution in [0, 0.1) is 0 Å². The molecule has 0 spiro atoms. The van der Waals surface area contributed by atoms with Crippen molar-refractivity contribution in [2.24, 2.45) is 0 Å². The Balaban J connectivity index is 2.23. The molecule has 0 radical (unpaired) electrons. The minimum absolute atomic E-state index is 0.278. The molecular weight excluding hydrogens is 330 g/mol. The van der Waals surface area contributed by atoms with Crippen molar-refractivity contribution in [1.82, 2.24) is 0 Å². The fourth-order valence-corrected chi connectivity index (χ4v) is 2.73. The van der Waals surface area contributed by atoms with Crippen LogP contribution in [-0.2, 0) is 4.74 Å². The smallest absolute Gasteiger partial charge is 0.340 e. The molecule has 0 fully saturated rings. The van der Waals surface area contributed by atoms with Gasteiger partial charge in [-0.25, -0.2) is 4.79 Å². The number of esters is 1. The van der Waals surface area contributed by atoms with E-state index in [1.54, 1.807) is 29.6 Å². The van der Waals surface area contributed by atoms with Crippen LogP contribution in [0.25, 0.3) is 0 Å². The van der Waals surface area contributed by atoms with Crippen molar-refractivity contribution in [2.75, 3.05) is 12.4 Å². The molecule has 0 aliphatic carbocycles. The van der Waals surface area contributed by atoms with Crippen LogP contribution in [0.3, 0.4) is 0 Å². The SMILES string of the molecule is COC(=O)c1ccsc1NC(=O)c1ccccc1Br. The van der Waals surface area contributed by atoms with E-state index in [1.165, 1.54) is 18.4 Å². The van der Waals surface area contributed by atoms with Gasteiger partial charge in [-0.2, -0.15) is 0 Å². The zero-order chi connectivity index (χ0) is 13.8. The highest BCUT2D eigenvalue weighted by atomic mass is 79.9. The highest BCUT2D eigenvalue weighted by Gasteiger charge is 2.17. The maximum atomic E-state index is 12.1. The molecule has 0 saturated heterocycles. The first kappa shape index (κ1) is 13.8. The molecule has 2 aromatic rings. The number of thiophene rings is 1. The van der Waals surface area contributed by atoms with Gasteiger partial charge in [-0.1, -0.05) is 12.1 Å². The summed E-state index contributed by atoms with van der Waals surface area (Å²) >= 11 is 4.59. The standard InChI is InChI=1S/C13H10BrNO3S/c1-18-13(17)9-6-7-19-12(9)15-11(16)8-4-2-3-5-10(8)14/h2-7H,1H3,(H,15,16). The number of hydrogen-bond acceptors (Lipinski definition) is 4. The first-order chi connectivity index (χ1) is 9.13. The van der Waals surface area contributed by atoms with Gasteiger partial charge in [0.2, 0.25) is 0 Å². The fourth-order valence-electron chi connectivity index (χ4n) is 1.49. The Labute approximate surface area is 122 Å². The number of carbonyl (C=O) groups excluding carboxylic acids is 2. The first-order valence-corrected chi connectivity index (χ1v) is 7.02. The van der Waals surface area contributed by atoms with E-state index in [9.17, 15) is 9.59 Å². The third-order valence-electron chi connectivity index (χ3n) is 2.42. The second kappa shape index (κ2) is 5.99. The minimum atomic E-state index is -0.469. The van der Waals surface area contributed by atoms with E-state index < -0.39 is 5.97 Å². The highest BCUT2D eigenvalue weighted by Crippen LogP contribution is 2.25. The Morgan fingerprint density at radius 1 is 1.21 bits per heavy atom. The number of amides is 1. The van der Waals surface area contributed by atoms with Crippen LogP contribution in [0.5, 0.6) is 0 Å². The zero-order valence-electron chi connectivity index (χ0n) is 9.98. The average molecular weight is 340 g/mol. The van der Waals surface area contributed by atoms with Gasteiger partial charge in [0, 0.05) is 4.47 Å². The van der Waals surface area contributed by atoms with E-state index in [1.807, 2.05) is 6.07 Å². The monoisotopic (exact) mass is 339 g/mol. The third kappa shape index (κ3) is 3.02. The van der Waals surface area contributed by atoms with Crippen molar-refractivity contribution in [1.29, 1.82) is 0 Å². The molecule has 1 aromatic carbocycles. The molecule has 1 heterocycles.